The third kappa shape index (κ3) is 4.02. The second-order valence-corrected chi connectivity index (χ2v) is 6.70. The van der Waals surface area contributed by atoms with Crippen LogP contribution in [0.4, 0.5) is 18.9 Å². The van der Waals surface area contributed by atoms with Crippen molar-refractivity contribution in [1.82, 2.24) is 14.9 Å². The lowest BCUT2D eigenvalue weighted by Gasteiger charge is -2.38. The summed E-state index contributed by atoms with van der Waals surface area (Å²) in [5, 5.41) is 29.1. The van der Waals surface area contributed by atoms with Gasteiger partial charge in [0, 0.05) is 32.7 Å². The first-order chi connectivity index (χ1) is 11.8. The smallest absolute Gasteiger partial charge is 0.389 e. The number of alkyl halides is 3. The van der Waals surface area contributed by atoms with Gasteiger partial charge in [0.1, 0.15) is 12.4 Å². The van der Waals surface area contributed by atoms with Gasteiger partial charge in [-0.15, -0.1) is 0 Å². The third-order valence-corrected chi connectivity index (χ3v) is 4.78. The number of aliphatic hydroxyl groups is 3. The number of hydrogen-bond donors (Lipinski definition) is 3. The van der Waals surface area contributed by atoms with E-state index in [2.05, 4.69) is 9.97 Å². The molecule has 0 aliphatic carbocycles. The fraction of sp³-hybridized carbons (Fsp3) is 0.733. The first kappa shape index (κ1) is 18.3. The minimum atomic E-state index is -4.53. The molecule has 2 aliphatic heterocycles. The summed E-state index contributed by atoms with van der Waals surface area (Å²) in [7, 11) is 0. The maximum absolute atomic E-state index is 13.1. The molecule has 10 heteroatoms. The van der Waals surface area contributed by atoms with Gasteiger partial charge in [-0.2, -0.15) is 13.2 Å². The molecule has 2 fully saturated rings. The van der Waals surface area contributed by atoms with E-state index in [4.69, 9.17) is 0 Å². The number of halogens is 3. The lowest BCUT2D eigenvalue weighted by molar-refractivity contribution is -0.140. The van der Waals surface area contributed by atoms with Crippen molar-refractivity contribution in [3.05, 3.63) is 18.2 Å². The van der Waals surface area contributed by atoms with Crippen LogP contribution in [0, 0.1) is 5.92 Å². The molecule has 3 heterocycles. The summed E-state index contributed by atoms with van der Waals surface area (Å²) in [5.74, 6) is 0.0935. The molecular weight excluding hydrogens is 341 g/mol. The van der Waals surface area contributed by atoms with Gasteiger partial charge in [-0.25, -0.2) is 9.97 Å². The number of β-amino-alcohol motifs (C(OH)–C–C–N with tert-alkyl or cyclic N) is 2. The lowest BCUT2D eigenvalue weighted by Crippen LogP contribution is -2.56. The minimum absolute atomic E-state index is 0.0216. The monoisotopic (exact) mass is 362 g/mol. The molecule has 140 valence electrons. The van der Waals surface area contributed by atoms with E-state index < -0.39 is 30.2 Å². The summed E-state index contributed by atoms with van der Waals surface area (Å²) in [6, 6.07) is 0. The van der Waals surface area contributed by atoms with Crippen LogP contribution in [0.5, 0.6) is 0 Å². The van der Waals surface area contributed by atoms with Crippen molar-refractivity contribution in [3.63, 3.8) is 0 Å². The third-order valence-electron chi connectivity index (χ3n) is 4.78. The normalized spacial score (nSPS) is 31.5. The van der Waals surface area contributed by atoms with Crippen molar-refractivity contribution in [3.8, 4) is 0 Å². The molecule has 7 nitrogen and oxygen atoms in total. The first-order valence-electron chi connectivity index (χ1n) is 8.14. The fourth-order valence-corrected chi connectivity index (χ4v) is 3.56. The van der Waals surface area contributed by atoms with E-state index in [0.29, 0.717) is 26.1 Å². The van der Waals surface area contributed by atoms with E-state index in [-0.39, 0.29) is 24.7 Å². The van der Waals surface area contributed by atoms with Gasteiger partial charge in [-0.05, 0) is 12.3 Å². The average Bonchev–Trinajstić information content (AvgIpc) is 3.00. The molecule has 1 aromatic heterocycles. The Kier molecular flexibility index (Phi) is 5.14. The Hall–Kier alpha value is -1.49. The Morgan fingerprint density at radius 3 is 2.44 bits per heavy atom. The number of likely N-dealkylation sites (tertiary alicyclic amines) is 1. The van der Waals surface area contributed by atoms with Crippen molar-refractivity contribution >= 4 is 5.69 Å². The molecule has 0 amide bonds. The number of nitrogens with zero attached hydrogens (tertiary/aromatic N) is 4. The maximum atomic E-state index is 13.1. The summed E-state index contributed by atoms with van der Waals surface area (Å²) in [5.41, 5.74) is -0.957. The number of anilines is 1. The van der Waals surface area contributed by atoms with Crippen molar-refractivity contribution in [2.75, 3.05) is 37.6 Å². The zero-order chi connectivity index (χ0) is 18.2. The molecule has 3 rings (SSSR count). The number of aliphatic hydroxyl groups excluding tert-OH is 3. The van der Waals surface area contributed by atoms with Gasteiger partial charge in [0.2, 0.25) is 0 Å². The number of hydrogen-bond acceptors (Lipinski definition) is 7. The predicted octanol–water partition coefficient (Wildman–Crippen LogP) is -0.280. The highest BCUT2D eigenvalue weighted by Gasteiger charge is 2.39. The van der Waals surface area contributed by atoms with Gasteiger partial charge in [0.15, 0.2) is 5.69 Å². The van der Waals surface area contributed by atoms with Crippen molar-refractivity contribution in [2.24, 2.45) is 5.92 Å². The van der Waals surface area contributed by atoms with Crippen LogP contribution in [-0.2, 0) is 6.18 Å². The molecule has 0 spiro atoms. The van der Waals surface area contributed by atoms with Gasteiger partial charge < -0.3 is 20.2 Å². The van der Waals surface area contributed by atoms with E-state index in [0.717, 1.165) is 6.33 Å². The van der Waals surface area contributed by atoms with Crippen LogP contribution in [0.2, 0.25) is 0 Å². The van der Waals surface area contributed by atoms with Gasteiger partial charge in [0.25, 0.3) is 0 Å². The Morgan fingerprint density at radius 2 is 1.80 bits per heavy atom. The highest BCUT2D eigenvalue weighted by Crippen LogP contribution is 2.36. The molecule has 25 heavy (non-hydrogen) atoms. The van der Waals surface area contributed by atoms with Gasteiger partial charge >= 0.3 is 6.18 Å². The largest absolute Gasteiger partial charge is 0.435 e. The molecule has 2 aliphatic rings. The Bertz CT molecular complexity index is 592. The Labute approximate surface area is 142 Å². The quantitative estimate of drug-likeness (QED) is 0.681. The van der Waals surface area contributed by atoms with E-state index >= 15 is 0 Å². The number of piperidine rings is 1. The number of aromatic nitrogens is 2. The summed E-state index contributed by atoms with van der Waals surface area (Å²) in [6.45, 7) is 1.88. The van der Waals surface area contributed by atoms with Gasteiger partial charge in [-0.1, -0.05) is 0 Å². The summed E-state index contributed by atoms with van der Waals surface area (Å²) >= 11 is 0. The molecule has 0 unspecified atom stereocenters. The predicted molar refractivity (Wildman–Crippen MR) is 81.8 cm³/mol. The molecule has 3 N–H and O–H groups in total. The topological polar surface area (TPSA) is 93.0 Å². The molecule has 0 radical (unpaired) electrons. The lowest BCUT2D eigenvalue weighted by atomic mass is 10.00. The molecule has 0 aromatic carbocycles. The Morgan fingerprint density at radius 1 is 1.12 bits per heavy atom. The molecular formula is C15H21F3N4O3. The highest BCUT2D eigenvalue weighted by atomic mass is 19.4. The van der Waals surface area contributed by atoms with Crippen LogP contribution in [0.15, 0.2) is 12.5 Å². The van der Waals surface area contributed by atoms with Gasteiger partial charge in [-0.3, -0.25) is 4.90 Å². The average molecular weight is 362 g/mol. The van der Waals surface area contributed by atoms with Crippen LogP contribution in [0.1, 0.15) is 12.1 Å². The van der Waals surface area contributed by atoms with E-state index in [1.165, 1.54) is 6.20 Å². The first-order valence-corrected chi connectivity index (χ1v) is 8.14. The van der Waals surface area contributed by atoms with Crippen molar-refractivity contribution in [2.45, 2.75) is 30.9 Å². The summed E-state index contributed by atoms with van der Waals surface area (Å²) in [6.07, 6.45) is -4.98. The minimum Gasteiger partial charge on any atom is -0.389 e. The SMILES string of the molecule is O[C@H]1[C@H](O)CN(C[C@@H]2CCN(c3cncnc3C(F)(F)F)C2)C[C@@H]1O. The van der Waals surface area contributed by atoms with Crippen molar-refractivity contribution < 1.29 is 28.5 Å². The van der Waals surface area contributed by atoms with Crippen LogP contribution in [0.25, 0.3) is 0 Å². The molecule has 4 atom stereocenters. The van der Waals surface area contributed by atoms with Crippen LogP contribution in [-0.4, -0.2) is 81.2 Å². The fourth-order valence-electron chi connectivity index (χ4n) is 3.56. The molecule has 0 bridgehead atoms. The zero-order valence-electron chi connectivity index (χ0n) is 13.5. The second kappa shape index (κ2) is 7.02. The second-order valence-electron chi connectivity index (χ2n) is 6.70. The van der Waals surface area contributed by atoms with Gasteiger partial charge in [0.05, 0.1) is 24.1 Å². The maximum Gasteiger partial charge on any atom is 0.435 e. The van der Waals surface area contributed by atoms with E-state index in [9.17, 15) is 28.5 Å². The summed E-state index contributed by atoms with van der Waals surface area (Å²) < 4.78 is 39.3. The summed E-state index contributed by atoms with van der Waals surface area (Å²) in [4.78, 5) is 10.6. The highest BCUT2D eigenvalue weighted by molar-refractivity contribution is 5.50. The van der Waals surface area contributed by atoms with E-state index in [1.807, 2.05) is 4.90 Å². The Balaban J connectivity index is 1.63. The molecule has 0 saturated carbocycles. The number of rotatable bonds is 3. The van der Waals surface area contributed by atoms with E-state index in [1.54, 1.807) is 4.90 Å². The molecule has 1 aromatic rings. The standard InChI is InChI=1S/C15H21F3N4O3/c16-15(17,18)14-10(3-19-8-20-14)22-2-1-9(5-22)4-21-6-11(23)13(25)12(24)7-21/h3,8-9,11-13,23-25H,1-2,4-7H2/t9-,11-,12+,13+/m0/s1. The van der Waals surface area contributed by atoms with Crippen LogP contribution in [0.3, 0.4) is 0 Å². The van der Waals surface area contributed by atoms with Crippen LogP contribution < -0.4 is 4.90 Å². The zero-order valence-corrected chi connectivity index (χ0v) is 13.5. The van der Waals surface area contributed by atoms with Crippen molar-refractivity contribution in [1.29, 1.82) is 0 Å². The van der Waals surface area contributed by atoms with Crippen LogP contribution >= 0.6 is 0 Å². The molecule has 2 saturated heterocycles.